The quantitative estimate of drug-likeness (QED) is 0.348. The lowest BCUT2D eigenvalue weighted by molar-refractivity contribution is 0.441. The molecule has 148 valence electrons. The minimum absolute atomic E-state index is 0.141. The highest BCUT2D eigenvalue weighted by molar-refractivity contribution is 5.86. The zero-order valence-electron chi connectivity index (χ0n) is 15.5. The van der Waals surface area contributed by atoms with E-state index in [4.69, 9.17) is 8.83 Å². The fourth-order valence-corrected chi connectivity index (χ4v) is 3.86. The zero-order chi connectivity index (χ0) is 20.8. The SMILES string of the molecule is O=c1oc2ccccc2c(O)c1C(c1c(O)c2ccccc2oc1=O)[c-]1cccc1. The van der Waals surface area contributed by atoms with Crippen LogP contribution in [0.2, 0.25) is 0 Å². The van der Waals surface area contributed by atoms with E-state index in [0.717, 1.165) is 0 Å². The van der Waals surface area contributed by atoms with Crippen molar-refractivity contribution in [3.8, 4) is 11.5 Å². The van der Waals surface area contributed by atoms with Crippen LogP contribution >= 0.6 is 0 Å². The van der Waals surface area contributed by atoms with Crippen LogP contribution in [0.4, 0.5) is 0 Å². The van der Waals surface area contributed by atoms with Crippen LogP contribution in [0.3, 0.4) is 0 Å². The topological polar surface area (TPSA) is 101 Å². The maximum absolute atomic E-state index is 12.9. The predicted octanol–water partition coefficient (Wildman–Crippen LogP) is 4.21. The molecule has 0 aliphatic rings. The van der Waals surface area contributed by atoms with Crippen LogP contribution in [0.15, 0.2) is 91.2 Å². The third-order valence-electron chi connectivity index (χ3n) is 5.24. The molecule has 3 aromatic carbocycles. The molecule has 0 aliphatic heterocycles. The number of benzene rings is 2. The number of hydrogen-bond acceptors (Lipinski definition) is 6. The molecule has 5 aromatic rings. The van der Waals surface area contributed by atoms with Gasteiger partial charge in [0.2, 0.25) is 0 Å². The summed E-state index contributed by atoms with van der Waals surface area (Å²) >= 11 is 0. The van der Waals surface area contributed by atoms with Gasteiger partial charge in [-0.15, -0.1) is 5.56 Å². The molecular formula is C24H15O6-. The average molecular weight is 399 g/mol. The second-order valence-electron chi connectivity index (χ2n) is 6.95. The summed E-state index contributed by atoms with van der Waals surface area (Å²) in [4.78, 5) is 25.8. The molecule has 0 unspecified atom stereocenters. The number of rotatable bonds is 3. The van der Waals surface area contributed by atoms with Crippen LogP contribution in [0.5, 0.6) is 11.5 Å². The summed E-state index contributed by atoms with van der Waals surface area (Å²) in [7, 11) is 0. The Kier molecular flexibility index (Phi) is 3.99. The summed E-state index contributed by atoms with van der Waals surface area (Å²) < 4.78 is 10.8. The van der Waals surface area contributed by atoms with Gasteiger partial charge in [-0.05, 0) is 24.3 Å². The lowest BCUT2D eigenvalue weighted by Gasteiger charge is -2.21. The maximum atomic E-state index is 12.9. The Labute approximate surface area is 169 Å². The van der Waals surface area contributed by atoms with Crippen molar-refractivity contribution in [2.75, 3.05) is 0 Å². The molecule has 0 amide bonds. The normalized spacial score (nSPS) is 11.5. The molecule has 30 heavy (non-hydrogen) atoms. The number of hydrogen-bond donors (Lipinski definition) is 2. The second kappa shape index (κ2) is 6.70. The van der Waals surface area contributed by atoms with E-state index in [9.17, 15) is 19.8 Å². The molecule has 0 saturated carbocycles. The van der Waals surface area contributed by atoms with Crippen molar-refractivity contribution in [1.29, 1.82) is 0 Å². The molecule has 2 heterocycles. The van der Waals surface area contributed by atoms with Crippen molar-refractivity contribution >= 4 is 21.9 Å². The van der Waals surface area contributed by atoms with Crippen molar-refractivity contribution in [2.45, 2.75) is 5.92 Å². The highest BCUT2D eigenvalue weighted by Crippen LogP contribution is 2.41. The van der Waals surface area contributed by atoms with E-state index in [2.05, 4.69) is 0 Å². The van der Waals surface area contributed by atoms with Crippen molar-refractivity contribution in [1.82, 2.24) is 0 Å². The van der Waals surface area contributed by atoms with Crippen LogP contribution in [-0.4, -0.2) is 10.2 Å². The fraction of sp³-hybridized carbons (Fsp3) is 0.0417. The minimum Gasteiger partial charge on any atom is -0.507 e. The van der Waals surface area contributed by atoms with Crippen LogP contribution in [0.25, 0.3) is 21.9 Å². The van der Waals surface area contributed by atoms with Crippen LogP contribution in [-0.2, 0) is 0 Å². The van der Waals surface area contributed by atoms with Gasteiger partial charge in [-0.25, -0.2) is 21.7 Å². The highest BCUT2D eigenvalue weighted by atomic mass is 16.4. The number of aromatic hydroxyl groups is 2. The second-order valence-corrected chi connectivity index (χ2v) is 6.95. The van der Waals surface area contributed by atoms with Gasteiger partial charge in [0.05, 0.1) is 21.9 Å². The van der Waals surface area contributed by atoms with Crippen LogP contribution < -0.4 is 11.3 Å². The van der Waals surface area contributed by atoms with E-state index >= 15 is 0 Å². The summed E-state index contributed by atoms with van der Waals surface area (Å²) in [5, 5.41) is 22.6. The Morgan fingerprint density at radius 2 is 1.10 bits per heavy atom. The highest BCUT2D eigenvalue weighted by Gasteiger charge is 2.29. The third-order valence-corrected chi connectivity index (χ3v) is 5.24. The van der Waals surface area contributed by atoms with Gasteiger partial charge in [-0.3, -0.25) is 0 Å². The Balaban J connectivity index is 1.90. The molecule has 2 aromatic heterocycles. The molecule has 0 radical (unpaired) electrons. The van der Waals surface area contributed by atoms with E-state index in [1.165, 1.54) is 0 Å². The zero-order valence-corrected chi connectivity index (χ0v) is 15.5. The summed E-state index contributed by atoms with van der Waals surface area (Å²) in [6.07, 6.45) is 0. The summed E-state index contributed by atoms with van der Waals surface area (Å²) in [6, 6.07) is 20.0. The first-order chi connectivity index (χ1) is 14.6. The van der Waals surface area contributed by atoms with E-state index < -0.39 is 17.2 Å². The molecule has 0 atom stereocenters. The van der Waals surface area contributed by atoms with Gasteiger partial charge < -0.3 is 19.0 Å². The Morgan fingerprint density at radius 1 is 0.667 bits per heavy atom. The Hall–Kier alpha value is -4.19. The molecule has 6 heteroatoms. The Morgan fingerprint density at radius 3 is 1.57 bits per heavy atom. The smallest absolute Gasteiger partial charge is 0.343 e. The lowest BCUT2D eigenvalue weighted by atomic mass is 9.86. The molecule has 0 spiro atoms. The van der Waals surface area contributed by atoms with Crippen LogP contribution in [0, 0.1) is 0 Å². The van der Waals surface area contributed by atoms with Crippen molar-refractivity contribution < 1.29 is 19.0 Å². The average Bonchev–Trinajstić information content (AvgIpc) is 3.27. The molecule has 2 N–H and O–H groups in total. The fourth-order valence-electron chi connectivity index (χ4n) is 3.86. The van der Waals surface area contributed by atoms with Crippen molar-refractivity contribution in [3.05, 3.63) is 110 Å². The molecule has 0 saturated heterocycles. The van der Waals surface area contributed by atoms with E-state index in [1.54, 1.807) is 72.8 Å². The van der Waals surface area contributed by atoms with Gasteiger partial charge in [0.1, 0.15) is 22.7 Å². The first-order valence-electron chi connectivity index (χ1n) is 9.27. The van der Waals surface area contributed by atoms with E-state index in [-0.39, 0.29) is 33.8 Å². The molecule has 0 bridgehead atoms. The van der Waals surface area contributed by atoms with Gasteiger partial charge in [0.15, 0.2) is 0 Å². The summed E-state index contributed by atoms with van der Waals surface area (Å²) in [5.74, 6) is -1.69. The first kappa shape index (κ1) is 17.9. The molecular weight excluding hydrogens is 384 g/mol. The van der Waals surface area contributed by atoms with Gasteiger partial charge >= 0.3 is 11.3 Å². The first-order valence-corrected chi connectivity index (χ1v) is 9.27. The predicted molar refractivity (Wildman–Crippen MR) is 111 cm³/mol. The third kappa shape index (κ3) is 2.62. The molecule has 0 aliphatic carbocycles. The van der Waals surface area contributed by atoms with Crippen molar-refractivity contribution in [2.24, 2.45) is 0 Å². The van der Waals surface area contributed by atoms with Gasteiger partial charge in [0, 0.05) is 5.92 Å². The number of para-hydroxylation sites is 2. The van der Waals surface area contributed by atoms with Crippen LogP contribution in [0.1, 0.15) is 22.6 Å². The van der Waals surface area contributed by atoms with E-state index in [1.807, 2.05) is 0 Å². The maximum Gasteiger partial charge on any atom is 0.343 e. The summed E-state index contributed by atoms with van der Waals surface area (Å²) in [6.45, 7) is 0. The monoisotopic (exact) mass is 399 g/mol. The number of fused-ring (bicyclic) bond motifs is 2. The Bertz CT molecular complexity index is 1410. The lowest BCUT2D eigenvalue weighted by Crippen LogP contribution is -2.21. The molecule has 6 nitrogen and oxygen atoms in total. The standard InChI is InChI=1S/C24H15O6/c25-21-14-9-3-5-11-16(14)29-23(27)19(21)18(13-7-1-2-8-13)20-22(26)15-10-4-6-12-17(15)30-24(20)28/h1-12,18,25-26H/q-1. The van der Waals surface area contributed by atoms with Gasteiger partial charge in [0.25, 0.3) is 0 Å². The van der Waals surface area contributed by atoms with E-state index in [0.29, 0.717) is 16.3 Å². The summed E-state index contributed by atoms with van der Waals surface area (Å²) in [5.41, 5.74) is -0.908. The molecule has 5 rings (SSSR count). The largest absolute Gasteiger partial charge is 0.507 e. The molecule has 0 fully saturated rings. The van der Waals surface area contributed by atoms with Gasteiger partial charge in [-0.1, -0.05) is 24.3 Å². The van der Waals surface area contributed by atoms with Crippen molar-refractivity contribution in [3.63, 3.8) is 0 Å². The van der Waals surface area contributed by atoms with Gasteiger partial charge in [-0.2, -0.15) is 12.1 Å². The minimum atomic E-state index is -1.08.